The van der Waals surface area contributed by atoms with Crippen molar-refractivity contribution >= 4 is 17.3 Å². The number of nitrogens with one attached hydrogen (secondary N) is 1. The van der Waals surface area contributed by atoms with E-state index in [9.17, 15) is 18.0 Å². The van der Waals surface area contributed by atoms with Crippen LogP contribution in [-0.4, -0.2) is 32.2 Å². The van der Waals surface area contributed by atoms with E-state index in [4.69, 9.17) is 4.74 Å². The molecule has 27 heavy (non-hydrogen) atoms. The molecule has 1 fully saturated rings. The van der Waals surface area contributed by atoms with Crippen LogP contribution in [0.25, 0.3) is 0 Å². The normalized spacial score (nSPS) is 14.9. The van der Waals surface area contributed by atoms with E-state index in [1.165, 1.54) is 18.2 Å². The Bertz CT molecular complexity index is 770. The first-order valence-corrected chi connectivity index (χ1v) is 8.81. The van der Waals surface area contributed by atoms with Crippen molar-refractivity contribution in [1.82, 2.24) is 0 Å². The molecule has 3 rings (SSSR count). The second-order valence-electron chi connectivity index (χ2n) is 6.36. The zero-order chi connectivity index (χ0) is 19.3. The van der Waals surface area contributed by atoms with E-state index in [1.807, 2.05) is 24.3 Å². The van der Waals surface area contributed by atoms with Gasteiger partial charge >= 0.3 is 6.18 Å². The van der Waals surface area contributed by atoms with E-state index < -0.39 is 17.6 Å². The van der Waals surface area contributed by atoms with Crippen LogP contribution < -0.4 is 10.2 Å². The van der Waals surface area contributed by atoms with Gasteiger partial charge in [-0.15, -0.1) is 0 Å². The summed E-state index contributed by atoms with van der Waals surface area (Å²) in [5, 5.41) is 2.37. The highest BCUT2D eigenvalue weighted by atomic mass is 19.4. The van der Waals surface area contributed by atoms with Gasteiger partial charge in [0.15, 0.2) is 0 Å². The number of carbonyl (C=O) groups excluding carboxylic acids is 1. The molecular weight excluding hydrogens is 357 g/mol. The molecule has 0 bridgehead atoms. The molecule has 2 aromatic carbocycles. The van der Waals surface area contributed by atoms with E-state index in [1.54, 1.807) is 0 Å². The van der Waals surface area contributed by atoms with Gasteiger partial charge in [-0.3, -0.25) is 4.79 Å². The number of aryl methyl sites for hydroxylation is 1. The summed E-state index contributed by atoms with van der Waals surface area (Å²) < 4.78 is 44.3. The number of amides is 1. The molecule has 1 N–H and O–H groups in total. The van der Waals surface area contributed by atoms with E-state index >= 15 is 0 Å². The first kappa shape index (κ1) is 19.2. The van der Waals surface area contributed by atoms with Crippen molar-refractivity contribution < 1.29 is 22.7 Å². The summed E-state index contributed by atoms with van der Waals surface area (Å²) in [5.41, 5.74) is 1.02. The van der Waals surface area contributed by atoms with Crippen LogP contribution >= 0.6 is 0 Å². The summed E-state index contributed by atoms with van der Waals surface area (Å²) in [6.45, 7) is 3.11. The van der Waals surface area contributed by atoms with Gasteiger partial charge in [0.25, 0.3) is 0 Å². The number of benzene rings is 2. The van der Waals surface area contributed by atoms with Gasteiger partial charge in [-0.05, 0) is 36.2 Å². The lowest BCUT2D eigenvalue weighted by Crippen LogP contribution is -2.36. The summed E-state index contributed by atoms with van der Waals surface area (Å²) in [6, 6.07) is 12.9. The molecule has 0 unspecified atom stereocenters. The fourth-order valence-electron chi connectivity index (χ4n) is 3.00. The Morgan fingerprint density at radius 2 is 1.70 bits per heavy atom. The topological polar surface area (TPSA) is 41.6 Å². The Balaban J connectivity index is 1.55. The third kappa shape index (κ3) is 5.23. The lowest BCUT2D eigenvalue weighted by atomic mass is 10.1. The number of nitrogens with zero attached hydrogens (tertiary/aromatic N) is 1. The summed E-state index contributed by atoms with van der Waals surface area (Å²) in [7, 11) is 0. The first-order chi connectivity index (χ1) is 12.9. The molecule has 1 amide bonds. The Morgan fingerprint density at radius 1 is 1.04 bits per heavy atom. The minimum Gasteiger partial charge on any atom is -0.378 e. The minimum absolute atomic E-state index is 0.114. The van der Waals surface area contributed by atoms with Crippen LogP contribution in [0.2, 0.25) is 0 Å². The van der Waals surface area contributed by atoms with Gasteiger partial charge in [-0.2, -0.15) is 13.2 Å². The molecule has 1 saturated heterocycles. The van der Waals surface area contributed by atoms with Crippen molar-refractivity contribution in [3.8, 4) is 0 Å². The van der Waals surface area contributed by atoms with Gasteiger partial charge in [-0.25, -0.2) is 0 Å². The number of para-hydroxylation sites is 1. The van der Waals surface area contributed by atoms with Crippen molar-refractivity contribution in [2.45, 2.75) is 19.0 Å². The predicted octanol–water partition coefficient (Wildman–Crippen LogP) is 4.11. The highest BCUT2D eigenvalue weighted by molar-refractivity contribution is 5.91. The zero-order valence-electron chi connectivity index (χ0n) is 14.8. The van der Waals surface area contributed by atoms with Gasteiger partial charge in [0.2, 0.25) is 5.91 Å². The standard InChI is InChI=1S/C20H21F3N2O2/c21-20(22,23)17-3-1-2-4-18(17)24-19(26)10-7-15-5-8-16(9-6-15)25-11-13-27-14-12-25/h1-6,8-9H,7,10-14H2,(H,24,26). The molecule has 1 aliphatic rings. The largest absolute Gasteiger partial charge is 0.418 e. The average Bonchev–Trinajstić information content (AvgIpc) is 2.67. The van der Waals surface area contributed by atoms with Crippen LogP contribution in [0.3, 0.4) is 0 Å². The van der Waals surface area contributed by atoms with E-state index in [0.717, 1.165) is 30.4 Å². The van der Waals surface area contributed by atoms with Crippen LogP contribution in [0.15, 0.2) is 48.5 Å². The SMILES string of the molecule is O=C(CCc1ccc(N2CCOCC2)cc1)Nc1ccccc1C(F)(F)F. The van der Waals surface area contributed by atoms with Crippen molar-refractivity contribution in [1.29, 1.82) is 0 Å². The number of alkyl halides is 3. The molecule has 0 aliphatic carbocycles. The van der Waals surface area contributed by atoms with Gasteiger partial charge < -0.3 is 15.0 Å². The third-order valence-electron chi connectivity index (χ3n) is 4.46. The Morgan fingerprint density at radius 3 is 2.37 bits per heavy atom. The fraction of sp³-hybridized carbons (Fsp3) is 0.350. The molecule has 4 nitrogen and oxygen atoms in total. The molecule has 0 atom stereocenters. The van der Waals surface area contributed by atoms with Crippen molar-refractivity contribution in [3.05, 3.63) is 59.7 Å². The molecule has 144 valence electrons. The highest BCUT2D eigenvalue weighted by Gasteiger charge is 2.33. The number of hydrogen-bond acceptors (Lipinski definition) is 3. The molecule has 2 aromatic rings. The smallest absolute Gasteiger partial charge is 0.378 e. The summed E-state index contributed by atoms with van der Waals surface area (Å²) in [6.07, 6.45) is -3.92. The lowest BCUT2D eigenvalue weighted by Gasteiger charge is -2.28. The second kappa shape index (κ2) is 8.43. The number of ether oxygens (including phenoxy) is 1. The van der Waals surface area contributed by atoms with Gasteiger partial charge in [0.05, 0.1) is 24.5 Å². The van der Waals surface area contributed by atoms with E-state index in [2.05, 4.69) is 10.2 Å². The van der Waals surface area contributed by atoms with Crippen LogP contribution in [-0.2, 0) is 22.1 Å². The van der Waals surface area contributed by atoms with Crippen molar-refractivity contribution in [2.75, 3.05) is 36.5 Å². The Kier molecular flexibility index (Phi) is 6.01. The molecule has 0 saturated carbocycles. The van der Waals surface area contributed by atoms with Gasteiger partial charge in [0.1, 0.15) is 0 Å². The maximum atomic E-state index is 13.0. The second-order valence-corrected chi connectivity index (χ2v) is 6.36. The van der Waals surface area contributed by atoms with Gasteiger partial charge in [0, 0.05) is 25.2 Å². The fourth-order valence-corrected chi connectivity index (χ4v) is 3.00. The number of carbonyl (C=O) groups is 1. The minimum atomic E-state index is -4.50. The lowest BCUT2D eigenvalue weighted by molar-refractivity contribution is -0.137. The molecule has 1 heterocycles. The third-order valence-corrected chi connectivity index (χ3v) is 4.46. The first-order valence-electron chi connectivity index (χ1n) is 8.81. The number of morpholine rings is 1. The van der Waals surface area contributed by atoms with Crippen LogP contribution in [0.4, 0.5) is 24.5 Å². The molecule has 0 aromatic heterocycles. The quantitative estimate of drug-likeness (QED) is 0.851. The van der Waals surface area contributed by atoms with Gasteiger partial charge in [-0.1, -0.05) is 24.3 Å². The van der Waals surface area contributed by atoms with Crippen molar-refractivity contribution in [2.24, 2.45) is 0 Å². The maximum Gasteiger partial charge on any atom is 0.418 e. The van der Waals surface area contributed by atoms with E-state index in [0.29, 0.717) is 19.6 Å². The molecule has 0 radical (unpaired) electrons. The Hall–Kier alpha value is -2.54. The van der Waals surface area contributed by atoms with Crippen LogP contribution in [0.1, 0.15) is 17.5 Å². The summed E-state index contributed by atoms with van der Waals surface area (Å²) >= 11 is 0. The zero-order valence-corrected chi connectivity index (χ0v) is 14.8. The Labute approximate surface area is 155 Å². The number of halogens is 3. The van der Waals surface area contributed by atoms with Crippen LogP contribution in [0.5, 0.6) is 0 Å². The molecule has 7 heteroatoms. The summed E-state index contributed by atoms with van der Waals surface area (Å²) in [4.78, 5) is 14.3. The average molecular weight is 378 g/mol. The number of hydrogen-bond donors (Lipinski definition) is 1. The predicted molar refractivity (Wildman–Crippen MR) is 97.9 cm³/mol. The number of rotatable bonds is 5. The molecule has 1 aliphatic heterocycles. The number of anilines is 2. The maximum absolute atomic E-state index is 13.0. The molecule has 0 spiro atoms. The molecular formula is C20H21F3N2O2. The summed E-state index contributed by atoms with van der Waals surface area (Å²) in [5.74, 6) is -0.441. The van der Waals surface area contributed by atoms with Crippen LogP contribution in [0, 0.1) is 0 Å². The monoisotopic (exact) mass is 378 g/mol. The van der Waals surface area contributed by atoms with Crippen molar-refractivity contribution in [3.63, 3.8) is 0 Å². The van der Waals surface area contributed by atoms with E-state index in [-0.39, 0.29) is 12.1 Å². The highest BCUT2D eigenvalue weighted by Crippen LogP contribution is 2.34.